The van der Waals surface area contributed by atoms with Crippen LogP contribution >= 0.6 is 0 Å². The maximum absolute atomic E-state index is 11.9. The number of rotatable bonds is 37. The van der Waals surface area contributed by atoms with E-state index in [9.17, 15) is 14.4 Å². The van der Waals surface area contributed by atoms with Gasteiger partial charge in [0.1, 0.15) is 0 Å². The van der Waals surface area contributed by atoms with Crippen molar-refractivity contribution >= 4 is 17.7 Å². The summed E-state index contributed by atoms with van der Waals surface area (Å²) in [5.74, 6) is -0.246. The van der Waals surface area contributed by atoms with Crippen molar-refractivity contribution in [1.29, 1.82) is 0 Å². The molecule has 0 aliphatic heterocycles. The second-order valence-electron chi connectivity index (χ2n) is 10.3. The van der Waals surface area contributed by atoms with Crippen molar-refractivity contribution < 1.29 is 52.3 Å². The van der Waals surface area contributed by atoms with Gasteiger partial charge in [0.15, 0.2) is 0 Å². The Morgan fingerprint density at radius 2 is 0.894 bits per heavy atom. The Labute approximate surface area is 280 Å². The highest BCUT2D eigenvalue weighted by molar-refractivity contribution is 5.81. The van der Waals surface area contributed by atoms with Crippen molar-refractivity contribution in [2.75, 3.05) is 132 Å². The summed E-state index contributed by atoms with van der Waals surface area (Å²) >= 11 is 0. The topological polar surface area (TPSA) is 213 Å². The molecule has 0 aliphatic carbocycles. The Hall–Kier alpha value is -1.99. The molecule has 1 atom stereocenters. The molecule has 0 aromatic heterocycles. The van der Waals surface area contributed by atoms with E-state index >= 15 is 0 Å². The van der Waals surface area contributed by atoms with E-state index in [1.807, 2.05) is 0 Å². The summed E-state index contributed by atoms with van der Waals surface area (Å²) in [4.78, 5) is 34.8. The second kappa shape index (κ2) is 36.8. The molecular weight excluding hydrogens is 618 g/mol. The van der Waals surface area contributed by atoms with Gasteiger partial charge in [0.2, 0.25) is 17.7 Å². The number of nitrogens with two attached hydrogens (primary N) is 2. The van der Waals surface area contributed by atoms with Crippen LogP contribution < -0.4 is 27.4 Å². The lowest BCUT2D eigenvalue weighted by atomic mass is 10.1. The molecule has 278 valence electrons. The van der Waals surface area contributed by atoms with Gasteiger partial charge in [0, 0.05) is 46.2 Å². The van der Waals surface area contributed by atoms with Crippen LogP contribution in [0.2, 0.25) is 0 Å². The molecule has 0 saturated heterocycles. The zero-order valence-electron chi connectivity index (χ0n) is 28.6. The van der Waals surface area contributed by atoms with Crippen LogP contribution in [0.25, 0.3) is 0 Å². The van der Waals surface area contributed by atoms with Gasteiger partial charge < -0.3 is 65.3 Å². The molecular formula is C31H63N5O11. The van der Waals surface area contributed by atoms with Crippen LogP contribution in [0.3, 0.4) is 0 Å². The fraction of sp³-hybridized carbons (Fsp3) is 0.903. The molecule has 47 heavy (non-hydrogen) atoms. The summed E-state index contributed by atoms with van der Waals surface area (Å²) in [6.07, 6.45) is 4.43. The van der Waals surface area contributed by atoms with Crippen molar-refractivity contribution in [2.45, 2.75) is 51.0 Å². The SMILES string of the molecule is CNC(=O)CCOCCOCCOCCOCCOCCC(=O)NCCCOCCOCCOCCCNC(=O)[C@@H](N)CCCCN. The molecule has 0 aromatic rings. The molecule has 0 heterocycles. The van der Waals surface area contributed by atoms with E-state index < -0.39 is 6.04 Å². The summed E-state index contributed by atoms with van der Waals surface area (Å²) in [7, 11) is 1.59. The van der Waals surface area contributed by atoms with Crippen LogP contribution in [-0.4, -0.2) is 156 Å². The number of hydrogen-bond acceptors (Lipinski definition) is 13. The predicted octanol–water partition coefficient (Wildman–Crippen LogP) is -0.886. The second-order valence-corrected chi connectivity index (χ2v) is 10.3. The van der Waals surface area contributed by atoms with Crippen molar-refractivity contribution in [1.82, 2.24) is 16.0 Å². The molecule has 0 aromatic carbocycles. The molecule has 0 spiro atoms. The van der Waals surface area contributed by atoms with Gasteiger partial charge in [-0.3, -0.25) is 14.4 Å². The van der Waals surface area contributed by atoms with Gasteiger partial charge in [-0.05, 0) is 32.2 Å². The van der Waals surface area contributed by atoms with Gasteiger partial charge in [-0.2, -0.15) is 0 Å². The summed E-state index contributed by atoms with van der Waals surface area (Å²) in [5, 5.41) is 8.19. The number of hydrogen-bond donors (Lipinski definition) is 5. The molecule has 0 rings (SSSR count). The van der Waals surface area contributed by atoms with Gasteiger partial charge in [0.05, 0.1) is 98.5 Å². The van der Waals surface area contributed by atoms with Crippen molar-refractivity contribution in [3.05, 3.63) is 0 Å². The number of amides is 3. The maximum Gasteiger partial charge on any atom is 0.236 e. The Balaban J connectivity index is 3.24. The third-order valence-electron chi connectivity index (χ3n) is 6.32. The molecule has 3 amide bonds. The van der Waals surface area contributed by atoms with Crippen molar-refractivity contribution in [3.8, 4) is 0 Å². The first-order valence-electron chi connectivity index (χ1n) is 16.8. The van der Waals surface area contributed by atoms with Gasteiger partial charge in [-0.1, -0.05) is 6.42 Å². The zero-order chi connectivity index (χ0) is 34.5. The number of unbranched alkanes of at least 4 members (excludes halogenated alkanes) is 1. The standard InChI is InChI=1S/C31H63N5O11/c1-34-29(37)7-14-42-18-22-45-24-26-47-27-25-46-23-19-43-15-8-30(38)35-10-4-12-40-16-20-44-21-17-41-13-5-11-36-31(39)28(33)6-2-3-9-32/h28H,2-27,32-33H2,1H3,(H,34,37)(H,35,38)(H,36,39)/t28-/m0/s1. The van der Waals surface area contributed by atoms with Crippen LogP contribution in [0.15, 0.2) is 0 Å². The Morgan fingerprint density at radius 1 is 0.511 bits per heavy atom. The lowest BCUT2D eigenvalue weighted by Crippen LogP contribution is -2.41. The third-order valence-corrected chi connectivity index (χ3v) is 6.32. The first-order chi connectivity index (χ1) is 23.0. The Morgan fingerprint density at radius 3 is 1.32 bits per heavy atom. The number of carbonyl (C=O) groups excluding carboxylic acids is 3. The lowest BCUT2D eigenvalue weighted by Gasteiger charge is -2.12. The first-order valence-corrected chi connectivity index (χ1v) is 16.8. The minimum absolute atomic E-state index is 0.0469. The van der Waals surface area contributed by atoms with Gasteiger partial charge >= 0.3 is 0 Å². The molecule has 16 nitrogen and oxygen atoms in total. The highest BCUT2D eigenvalue weighted by Crippen LogP contribution is 1.98. The van der Waals surface area contributed by atoms with E-state index in [1.165, 1.54) is 0 Å². The number of ether oxygens (including phenoxy) is 8. The molecule has 0 bridgehead atoms. The predicted molar refractivity (Wildman–Crippen MR) is 176 cm³/mol. The van der Waals surface area contributed by atoms with Crippen molar-refractivity contribution in [3.63, 3.8) is 0 Å². The fourth-order valence-electron chi connectivity index (χ4n) is 3.63. The normalized spacial score (nSPS) is 11.8. The van der Waals surface area contributed by atoms with Crippen LogP contribution in [0, 0.1) is 0 Å². The van der Waals surface area contributed by atoms with E-state index in [2.05, 4.69) is 16.0 Å². The average Bonchev–Trinajstić information content (AvgIpc) is 3.07. The number of nitrogens with one attached hydrogen (secondary N) is 3. The fourth-order valence-corrected chi connectivity index (χ4v) is 3.63. The Bertz CT molecular complexity index is 725. The van der Waals surface area contributed by atoms with Crippen LogP contribution in [0.4, 0.5) is 0 Å². The lowest BCUT2D eigenvalue weighted by molar-refractivity contribution is -0.123. The minimum Gasteiger partial charge on any atom is -0.379 e. The summed E-state index contributed by atoms with van der Waals surface area (Å²) in [6.45, 7) is 8.89. The van der Waals surface area contributed by atoms with E-state index in [0.29, 0.717) is 151 Å². The van der Waals surface area contributed by atoms with E-state index in [-0.39, 0.29) is 24.1 Å². The van der Waals surface area contributed by atoms with Crippen LogP contribution in [0.1, 0.15) is 44.9 Å². The zero-order valence-corrected chi connectivity index (χ0v) is 28.6. The molecule has 0 aliphatic rings. The van der Waals surface area contributed by atoms with Gasteiger partial charge in [-0.25, -0.2) is 0 Å². The minimum atomic E-state index is -0.483. The van der Waals surface area contributed by atoms with E-state index in [1.54, 1.807) is 7.05 Å². The highest BCUT2D eigenvalue weighted by Gasteiger charge is 2.11. The average molecular weight is 682 g/mol. The third kappa shape index (κ3) is 35.1. The van der Waals surface area contributed by atoms with E-state index in [0.717, 1.165) is 12.8 Å². The monoisotopic (exact) mass is 681 g/mol. The molecule has 0 radical (unpaired) electrons. The molecule has 0 unspecified atom stereocenters. The first kappa shape index (κ1) is 45.0. The van der Waals surface area contributed by atoms with Crippen LogP contribution in [0.5, 0.6) is 0 Å². The highest BCUT2D eigenvalue weighted by atomic mass is 16.6. The molecule has 16 heteroatoms. The largest absolute Gasteiger partial charge is 0.379 e. The molecule has 7 N–H and O–H groups in total. The van der Waals surface area contributed by atoms with Crippen LogP contribution in [-0.2, 0) is 52.3 Å². The van der Waals surface area contributed by atoms with Crippen molar-refractivity contribution in [2.24, 2.45) is 11.5 Å². The molecule has 0 fully saturated rings. The summed E-state index contributed by atoms with van der Waals surface area (Å²) in [6, 6.07) is -0.483. The Kier molecular flexibility index (Phi) is 35.3. The summed E-state index contributed by atoms with van der Waals surface area (Å²) < 4.78 is 43.4. The van der Waals surface area contributed by atoms with Gasteiger partial charge in [0.25, 0.3) is 0 Å². The van der Waals surface area contributed by atoms with Gasteiger partial charge in [-0.15, -0.1) is 0 Å². The van der Waals surface area contributed by atoms with E-state index in [4.69, 9.17) is 49.4 Å². The molecule has 0 saturated carbocycles. The quantitative estimate of drug-likeness (QED) is 0.0505. The maximum atomic E-state index is 11.9. The smallest absolute Gasteiger partial charge is 0.236 e. The number of carbonyl (C=O) groups is 3. The summed E-state index contributed by atoms with van der Waals surface area (Å²) in [5.41, 5.74) is 11.3.